The SMILES string of the molecule is CCCCC(CCCC)(CC[C@H](CC)NC(=O)OCC1c2ccccc2-c2ccccc21)C(=O)OC. The molecule has 1 aliphatic rings. The molecular weight excluding hydrogens is 450 g/mol. The third kappa shape index (κ3) is 6.48. The second kappa shape index (κ2) is 13.5. The fourth-order valence-corrected chi connectivity index (χ4v) is 5.56. The van der Waals surface area contributed by atoms with Crippen molar-refractivity contribution >= 4 is 12.1 Å². The minimum atomic E-state index is -0.475. The zero-order chi connectivity index (χ0) is 26.0. The molecule has 196 valence electrons. The monoisotopic (exact) mass is 493 g/mol. The van der Waals surface area contributed by atoms with Crippen LogP contribution in [-0.4, -0.2) is 31.8 Å². The lowest BCUT2D eigenvalue weighted by Gasteiger charge is -2.32. The second-order valence-corrected chi connectivity index (χ2v) is 10.1. The summed E-state index contributed by atoms with van der Waals surface area (Å²) >= 11 is 0. The Hall–Kier alpha value is -2.82. The van der Waals surface area contributed by atoms with Crippen LogP contribution in [0.5, 0.6) is 0 Å². The summed E-state index contributed by atoms with van der Waals surface area (Å²) in [5, 5.41) is 3.07. The lowest BCUT2D eigenvalue weighted by atomic mass is 9.74. The molecule has 2 aromatic rings. The van der Waals surface area contributed by atoms with E-state index in [1.807, 2.05) is 24.3 Å². The standard InChI is InChI=1S/C31H43NO4/c1-5-8-19-31(20-9-6-2,29(33)35-4)21-18-23(7-3)32-30(34)36-22-28-26-16-12-10-14-24(26)25-15-11-13-17-27(25)28/h10-17,23,28H,5-9,18-22H2,1-4H3,(H,32,34)/t23-/m0/s1. The number of nitrogens with one attached hydrogen (secondary N) is 1. The zero-order valence-electron chi connectivity index (χ0n) is 22.5. The van der Waals surface area contributed by atoms with Gasteiger partial charge in [-0.25, -0.2) is 4.79 Å². The highest BCUT2D eigenvalue weighted by molar-refractivity contribution is 5.79. The molecule has 2 aromatic carbocycles. The largest absolute Gasteiger partial charge is 0.469 e. The molecule has 1 N–H and O–H groups in total. The number of rotatable bonds is 14. The van der Waals surface area contributed by atoms with Gasteiger partial charge in [-0.2, -0.15) is 0 Å². The van der Waals surface area contributed by atoms with Gasteiger partial charge in [0, 0.05) is 12.0 Å². The number of carbonyl (C=O) groups excluding carboxylic acids is 2. The highest BCUT2D eigenvalue weighted by Crippen LogP contribution is 2.44. The van der Waals surface area contributed by atoms with Crippen molar-refractivity contribution in [2.75, 3.05) is 13.7 Å². The fraction of sp³-hybridized carbons (Fsp3) is 0.548. The number of benzene rings is 2. The Morgan fingerprint density at radius 3 is 1.94 bits per heavy atom. The van der Waals surface area contributed by atoms with E-state index in [0.717, 1.165) is 51.4 Å². The third-order valence-electron chi connectivity index (χ3n) is 7.77. The van der Waals surface area contributed by atoms with Gasteiger partial charge in [-0.1, -0.05) is 95.0 Å². The Morgan fingerprint density at radius 2 is 1.44 bits per heavy atom. The molecule has 0 heterocycles. The van der Waals surface area contributed by atoms with Crippen LogP contribution in [0.3, 0.4) is 0 Å². The van der Waals surface area contributed by atoms with Gasteiger partial charge >= 0.3 is 12.1 Å². The maximum atomic E-state index is 12.9. The Bertz CT molecular complexity index is 948. The molecular formula is C31H43NO4. The minimum absolute atomic E-state index is 0.0401. The van der Waals surface area contributed by atoms with Gasteiger partial charge in [0.05, 0.1) is 12.5 Å². The number of unbranched alkanes of at least 4 members (excludes halogenated alkanes) is 2. The highest BCUT2D eigenvalue weighted by Gasteiger charge is 2.38. The first-order valence-corrected chi connectivity index (χ1v) is 13.7. The van der Waals surface area contributed by atoms with Gasteiger partial charge in [0.15, 0.2) is 0 Å². The Labute approximate surface area is 217 Å². The van der Waals surface area contributed by atoms with Gasteiger partial charge < -0.3 is 14.8 Å². The number of amides is 1. The molecule has 0 spiro atoms. The molecule has 0 radical (unpaired) electrons. The molecule has 1 aliphatic carbocycles. The smallest absolute Gasteiger partial charge is 0.407 e. The number of alkyl carbamates (subject to hydrolysis) is 1. The van der Waals surface area contributed by atoms with E-state index < -0.39 is 11.5 Å². The average Bonchev–Trinajstić information content (AvgIpc) is 3.24. The Balaban J connectivity index is 1.61. The van der Waals surface area contributed by atoms with Gasteiger partial charge in [-0.3, -0.25) is 4.79 Å². The van der Waals surface area contributed by atoms with Crippen molar-refractivity contribution in [2.24, 2.45) is 5.41 Å². The molecule has 1 amide bonds. The molecule has 0 bridgehead atoms. The lowest BCUT2D eigenvalue weighted by Crippen LogP contribution is -2.39. The molecule has 0 aliphatic heterocycles. The summed E-state index contributed by atoms with van der Waals surface area (Å²) in [6, 6.07) is 16.6. The third-order valence-corrected chi connectivity index (χ3v) is 7.77. The number of methoxy groups -OCH3 is 1. The van der Waals surface area contributed by atoms with Crippen LogP contribution in [0.25, 0.3) is 11.1 Å². The normalized spacial score (nSPS) is 13.6. The fourth-order valence-electron chi connectivity index (χ4n) is 5.56. The molecule has 5 nitrogen and oxygen atoms in total. The van der Waals surface area contributed by atoms with Gasteiger partial charge in [0.1, 0.15) is 6.61 Å². The second-order valence-electron chi connectivity index (χ2n) is 10.1. The van der Waals surface area contributed by atoms with Crippen LogP contribution in [0.1, 0.15) is 95.6 Å². The van der Waals surface area contributed by atoms with Crippen molar-refractivity contribution in [3.63, 3.8) is 0 Å². The predicted molar refractivity (Wildman–Crippen MR) is 145 cm³/mol. The highest BCUT2D eigenvalue weighted by atomic mass is 16.5. The number of carbonyl (C=O) groups is 2. The first-order chi connectivity index (χ1) is 17.5. The van der Waals surface area contributed by atoms with Crippen LogP contribution in [0.2, 0.25) is 0 Å². The first kappa shape index (κ1) is 27.8. The molecule has 0 fully saturated rings. The molecule has 36 heavy (non-hydrogen) atoms. The van der Waals surface area contributed by atoms with Crippen molar-refractivity contribution in [3.8, 4) is 11.1 Å². The quantitative estimate of drug-likeness (QED) is 0.275. The molecule has 0 saturated heterocycles. The van der Waals surface area contributed by atoms with E-state index in [9.17, 15) is 9.59 Å². The number of hydrogen-bond acceptors (Lipinski definition) is 4. The minimum Gasteiger partial charge on any atom is -0.469 e. The van der Waals surface area contributed by atoms with E-state index in [1.165, 1.54) is 29.4 Å². The average molecular weight is 494 g/mol. The maximum Gasteiger partial charge on any atom is 0.407 e. The van der Waals surface area contributed by atoms with Crippen molar-refractivity contribution < 1.29 is 19.1 Å². The molecule has 0 unspecified atom stereocenters. The van der Waals surface area contributed by atoms with Crippen molar-refractivity contribution in [1.82, 2.24) is 5.32 Å². The summed E-state index contributed by atoms with van der Waals surface area (Å²) in [4.78, 5) is 25.7. The van der Waals surface area contributed by atoms with Crippen LogP contribution in [0.4, 0.5) is 4.79 Å². The number of ether oxygens (including phenoxy) is 2. The zero-order valence-corrected chi connectivity index (χ0v) is 22.5. The van der Waals surface area contributed by atoms with Crippen LogP contribution in [0.15, 0.2) is 48.5 Å². The maximum absolute atomic E-state index is 12.9. The summed E-state index contributed by atoms with van der Waals surface area (Å²) < 4.78 is 11.0. The van der Waals surface area contributed by atoms with Gasteiger partial charge in [-0.05, 0) is 54.4 Å². The van der Waals surface area contributed by atoms with Crippen LogP contribution in [0, 0.1) is 5.41 Å². The van der Waals surface area contributed by atoms with Crippen LogP contribution >= 0.6 is 0 Å². The summed E-state index contributed by atoms with van der Waals surface area (Å²) in [5.74, 6) is -0.0707. The summed E-state index contributed by atoms with van der Waals surface area (Å²) in [6.45, 7) is 6.66. The summed E-state index contributed by atoms with van der Waals surface area (Å²) in [7, 11) is 1.49. The van der Waals surface area contributed by atoms with Gasteiger partial charge in [0.25, 0.3) is 0 Å². The van der Waals surface area contributed by atoms with Gasteiger partial charge in [0.2, 0.25) is 0 Å². The van der Waals surface area contributed by atoms with E-state index in [2.05, 4.69) is 50.4 Å². The van der Waals surface area contributed by atoms with Crippen LogP contribution < -0.4 is 5.32 Å². The molecule has 0 aromatic heterocycles. The summed E-state index contributed by atoms with van der Waals surface area (Å²) in [6.07, 6.45) is 7.56. The van der Waals surface area contributed by atoms with Crippen molar-refractivity contribution in [2.45, 2.75) is 90.5 Å². The van der Waals surface area contributed by atoms with E-state index in [1.54, 1.807) is 0 Å². The van der Waals surface area contributed by atoms with E-state index in [4.69, 9.17) is 9.47 Å². The van der Waals surface area contributed by atoms with E-state index >= 15 is 0 Å². The lowest BCUT2D eigenvalue weighted by molar-refractivity contribution is -0.154. The van der Waals surface area contributed by atoms with Gasteiger partial charge in [-0.15, -0.1) is 0 Å². The van der Waals surface area contributed by atoms with Crippen LogP contribution in [-0.2, 0) is 14.3 Å². The first-order valence-electron chi connectivity index (χ1n) is 13.7. The topological polar surface area (TPSA) is 64.6 Å². The molecule has 5 heteroatoms. The molecule has 0 saturated carbocycles. The Morgan fingerprint density at radius 1 is 0.889 bits per heavy atom. The van der Waals surface area contributed by atoms with E-state index in [-0.39, 0.29) is 17.9 Å². The van der Waals surface area contributed by atoms with E-state index in [0.29, 0.717) is 13.0 Å². The van der Waals surface area contributed by atoms with Crippen molar-refractivity contribution in [3.05, 3.63) is 59.7 Å². The summed E-state index contributed by atoms with van der Waals surface area (Å²) in [5.41, 5.74) is 4.36. The molecule has 1 atom stereocenters. The van der Waals surface area contributed by atoms with Crippen molar-refractivity contribution in [1.29, 1.82) is 0 Å². The number of esters is 1. The molecule has 3 rings (SSSR count). The number of hydrogen-bond donors (Lipinski definition) is 1. The number of fused-ring (bicyclic) bond motifs is 3. The predicted octanol–water partition coefficient (Wildman–Crippen LogP) is 7.62. The Kier molecular flexibility index (Phi) is 10.4.